The number of hydrogen-bond donors (Lipinski definition) is 0. The van der Waals surface area contributed by atoms with Gasteiger partial charge in [-0.2, -0.15) is 0 Å². The van der Waals surface area contributed by atoms with Crippen LogP contribution in [0.3, 0.4) is 0 Å². The highest BCUT2D eigenvalue weighted by molar-refractivity contribution is 5.25. The lowest BCUT2D eigenvalue weighted by molar-refractivity contribution is 0.226. The standard InChI is InChI=1S/C14H13FO/c1-11(12-6-3-2-4-7-12)16-14-9-5-8-13(15)10-14/h2-11H,1H3/t11-/m1/s1. The molecular weight excluding hydrogens is 203 g/mol. The Hall–Kier alpha value is -1.83. The van der Waals surface area contributed by atoms with Crippen LogP contribution in [0.15, 0.2) is 54.6 Å². The van der Waals surface area contributed by atoms with Crippen molar-refractivity contribution in [2.75, 3.05) is 0 Å². The molecule has 0 unspecified atom stereocenters. The van der Waals surface area contributed by atoms with Crippen LogP contribution >= 0.6 is 0 Å². The van der Waals surface area contributed by atoms with Crippen molar-refractivity contribution >= 4 is 0 Å². The third-order valence-corrected chi connectivity index (χ3v) is 2.38. The Morgan fingerprint density at radius 1 is 1.00 bits per heavy atom. The highest BCUT2D eigenvalue weighted by Crippen LogP contribution is 2.21. The van der Waals surface area contributed by atoms with E-state index in [1.165, 1.54) is 12.1 Å². The maximum atomic E-state index is 12.9. The van der Waals surface area contributed by atoms with Crippen LogP contribution in [-0.2, 0) is 0 Å². The molecule has 2 rings (SSSR count). The van der Waals surface area contributed by atoms with E-state index in [0.29, 0.717) is 5.75 Å². The topological polar surface area (TPSA) is 9.23 Å². The number of halogens is 1. The predicted octanol–water partition coefficient (Wildman–Crippen LogP) is 3.97. The molecule has 0 bridgehead atoms. The number of rotatable bonds is 3. The summed E-state index contributed by atoms with van der Waals surface area (Å²) in [6.07, 6.45) is -0.0806. The van der Waals surface area contributed by atoms with Gasteiger partial charge in [0.2, 0.25) is 0 Å². The fourth-order valence-electron chi connectivity index (χ4n) is 1.54. The molecule has 0 fully saturated rings. The maximum absolute atomic E-state index is 12.9. The largest absolute Gasteiger partial charge is 0.486 e. The Balaban J connectivity index is 2.11. The first kappa shape index (κ1) is 10.7. The molecule has 0 saturated heterocycles. The van der Waals surface area contributed by atoms with Crippen molar-refractivity contribution < 1.29 is 9.13 Å². The van der Waals surface area contributed by atoms with Crippen LogP contribution in [0.2, 0.25) is 0 Å². The smallest absolute Gasteiger partial charge is 0.126 e. The summed E-state index contributed by atoms with van der Waals surface area (Å²) < 4.78 is 18.6. The third kappa shape index (κ3) is 2.60. The first-order chi connectivity index (χ1) is 7.75. The molecule has 0 aliphatic carbocycles. The van der Waals surface area contributed by atoms with E-state index in [1.807, 2.05) is 37.3 Å². The van der Waals surface area contributed by atoms with E-state index < -0.39 is 0 Å². The van der Waals surface area contributed by atoms with E-state index in [9.17, 15) is 4.39 Å². The first-order valence-corrected chi connectivity index (χ1v) is 5.23. The molecule has 0 N–H and O–H groups in total. The van der Waals surface area contributed by atoms with Gasteiger partial charge < -0.3 is 4.74 Å². The van der Waals surface area contributed by atoms with Crippen molar-refractivity contribution in [3.05, 3.63) is 66.0 Å². The van der Waals surface area contributed by atoms with Gasteiger partial charge in [-0.15, -0.1) is 0 Å². The van der Waals surface area contributed by atoms with E-state index in [1.54, 1.807) is 12.1 Å². The van der Waals surface area contributed by atoms with Crippen LogP contribution in [0.5, 0.6) is 5.75 Å². The van der Waals surface area contributed by atoms with Crippen LogP contribution in [0.1, 0.15) is 18.6 Å². The normalized spacial score (nSPS) is 12.1. The van der Waals surface area contributed by atoms with Crippen molar-refractivity contribution in [1.29, 1.82) is 0 Å². The van der Waals surface area contributed by atoms with Gasteiger partial charge in [0, 0.05) is 6.07 Å². The van der Waals surface area contributed by atoms with Gasteiger partial charge in [-0.25, -0.2) is 4.39 Å². The summed E-state index contributed by atoms with van der Waals surface area (Å²) in [6.45, 7) is 1.94. The molecule has 0 aromatic heterocycles. The molecule has 16 heavy (non-hydrogen) atoms. The molecule has 0 spiro atoms. The van der Waals surface area contributed by atoms with Gasteiger partial charge in [0.1, 0.15) is 17.7 Å². The van der Waals surface area contributed by atoms with Gasteiger partial charge in [-0.1, -0.05) is 36.4 Å². The molecule has 82 valence electrons. The van der Waals surface area contributed by atoms with Crippen LogP contribution in [-0.4, -0.2) is 0 Å². The number of ether oxygens (including phenoxy) is 1. The van der Waals surface area contributed by atoms with Crippen molar-refractivity contribution in [3.8, 4) is 5.75 Å². The molecule has 0 aliphatic heterocycles. The van der Waals surface area contributed by atoms with Gasteiger partial charge in [0.25, 0.3) is 0 Å². The zero-order valence-corrected chi connectivity index (χ0v) is 9.06. The Morgan fingerprint density at radius 3 is 2.44 bits per heavy atom. The minimum Gasteiger partial charge on any atom is -0.486 e. The summed E-state index contributed by atoms with van der Waals surface area (Å²) in [5.41, 5.74) is 1.08. The average molecular weight is 216 g/mol. The Labute approximate surface area is 94.5 Å². The number of hydrogen-bond acceptors (Lipinski definition) is 1. The van der Waals surface area contributed by atoms with E-state index in [4.69, 9.17) is 4.74 Å². The molecule has 0 amide bonds. The lowest BCUT2D eigenvalue weighted by atomic mass is 10.1. The second kappa shape index (κ2) is 4.79. The van der Waals surface area contributed by atoms with Crippen molar-refractivity contribution in [2.45, 2.75) is 13.0 Å². The summed E-state index contributed by atoms with van der Waals surface area (Å²) in [7, 11) is 0. The molecule has 1 atom stereocenters. The second-order valence-corrected chi connectivity index (χ2v) is 3.63. The average Bonchev–Trinajstić information content (AvgIpc) is 2.30. The molecular formula is C14H13FO. The maximum Gasteiger partial charge on any atom is 0.126 e. The Morgan fingerprint density at radius 2 is 1.75 bits per heavy atom. The highest BCUT2D eigenvalue weighted by Gasteiger charge is 2.06. The fraction of sp³-hybridized carbons (Fsp3) is 0.143. The van der Waals surface area contributed by atoms with E-state index in [2.05, 4.69) is 0 Å². The van der Waals surface area contributed by atoms with Crippen molar-refractivity contribution in [2.24, 2.45) is 0 Å². The van der Waals surface area contributed by atoms with Gasteiger partial charge in [-0.05, 0) is 24.6 Å². The molecule has 0 aliphatic rings. The summed E-state index contributed by atoms with van der Waals surface area (Å²) in [5, 5.41) is 0. The molecule has 0 saturated carbocycles. The summed E-state index contributed by atoms with van der Waals surface area (Å²) in [5.74, 6) is 0.272. The second-order valence-electron chi connectivity index (χ2n) is 3.63. The minimum atomic E-state index is -0.280. The molecule has 0 radical (unpaired) electrons. The summed E-state index contributed by atoms with van der Waals surface area (Å²) in [4.78, 5) is 0. The van der Waals surface area contributed by atoms with Gasteiger partial charge in [0.15, 0.2) is 0 Å². The molecule has 2 aromatic rings. The van der Waals surface area contributed by atoms with Crippen LogP contribution in [0.4, 0.5) is 4.39 Å². The van der Waals surface area contributed by atoms with E-state index in [-0.39, 0.29) is 11.9 Å². The van der Waals surface area contributed by atoms with Gasteiger partial charge in [0.05, 0.1) is 0 Å². The number of benzene rings is 2. The predicted molar refractivity (Wildman–Crippen MR) is 61.9 cm³/mol. The highest BCUT2D eigenvalue weighted by atomic mass is 19.1. The SMILES string of the molecule is C[C@@H](Oc1cccc(F)c1)c1ccccc1. The Kier molecular flexibility index (Phi) is 3.20. The Bertz CT molecular complexity index is 453. The molecule has 1 nitrogen and oxygen atoms in total. The summed E-state index contributed by atoms with van der Waals surface area (Å²) >= 11 is 0. The van der Waals surface area contributed by atoms with E-state index in [0.717, 1.165) is 5.56 Å². The minimum absolute atomic E-state index is 0.0806. The lowest BCUT2D eigenvalue weighted by Crippen LogP contribution is -2.02. The molecule has 2 heteroatoms. The monoisotopic (exact) mass is 216 g/mol. The summed E-state index contributed by atoms with van der Waals surface area (Å²) in [6, 6.07) is 16.0. The van der Waals surface area contributed by atoms with Crippen LogP contribution in [0.25, 0.3) is 0 Å². The molecule has 0 heterocycles. The van der Waals surface area contributed by atoms with Gasteiger partial charge >= 0.3 is 0 Å². The van der Waals surface area contributed by atoms with Crippen molar-refractivity contribution in [3.63, 3.8) is 0 Å². The van der Waals surface area contributed by atoms with Crippen LogP contribution in [0, 0.1) is 5.82 Å². The quantitative estimate of drug-likeness (QED) is 0.754. The van der Waals surface area contributed by atoms with Crippen molar-refractivity contribution in [1.82, 2.24) is 0 Å². The molecule has 2 aromatic carbocycles. The van der Waals surface area contributed by atoms with Crippen LogP contribution < -0.4 is 4.74 Å². The first-order valence-electron chi connectivity index (χ1n) is 5.23. The van der Waals surface area contributed by atoms with Gasteiger partial charge in [-0.3, -0.25) is 0 Å². The fourth-order valence-corrected chi connectivity index (χ4v) is 1.54. The lowest BCUT2D eigenvalue weighted by Gasteiger charge is -2.14. The zero-order chi connectivity index (χ0) is 11.4. The van der Waals surface area contributed by atoms with E-state index >= 15 is 0 Å². The third-order valence-electron chi connectivity index (χ3n) is 2.38. The zero-order valence-electron chi connectivity index (χ0n) is 9.06.